The Labute approximate surface area is 327 Å². The summed E-state index contributed by atoms with van der Waals surface area (Å²) in [6.45, 7) is 0. The average molecular weight is 734 g/mol. The molecule has 0 aliphatic carbocycles. The minimum absolute atomic E-state index is 0.637. The lowest BCUT2D eigenvalue weighted by atomic mass is 9.92. The van der Waals surface area contributed by atoms with Crippen LogP contribution in [0.15, 0.2) is 192 Å². The van der Waals surface area contributed by atoms with Crippen LogP contribution in [0.3, 0.4) is 0 Å². The van der Waals surface area contributed by atoms with Crippen LogP contribution in [-0.2, 0) is 0 Å². The van der Waals surface area contributed by atoms with E-state index in [-0.39, 0.29) is 0 Å². The van der Waals surface area contributed by atoms with Crippen molar-refractivity contribution in [2.45, 2.75) is 0 Å². The molecule has 3 aromatic heterocycles. The molecular formula is C51H31N3OS. The molecule has 5 heteroatoms. The molecule has 11 rings (SSSR count). The molecule has 56 heavy (non-hydrogen) atoms. The number of fused-ring (bicyclic) bond motifs is 6. The average Bonchev–Trinajstić information content (AvgIpc) is 3.86. The zero-order valence-corrected chi connectivity index (χ0v) is 30.9. The molecule has 0 radical (unpaired) electrons. The molecule has 0 atom stereocenters. The van der Waals surface area contributed by atoms with Gasteiger partial charge in [0.25, 0.3) is 0 Å². The van der Waals surface area contributed by atoms with Gasteiger partial charge in [-0.15, -0.1) is 11.3 Å². The molecule has 0 saturated heterocycles. The van der Waals surface area contributed by atoms with Crippen LogP contribution in [0.2, 0.25) is 0 Å². The Morgan fingerprint density at radius 2 is 0.911 bits per heavy atom. The maximum Gasteiger partial charge on any atom is 0.165 e. The fourth-order valence-electron chi connectivity index (χ4n) is 7.96. The predicted molar refractivity (Wildman–Crippen MR) is 233 cm³/mol. The standard InChI is InChI=1S/C51H31N3OS/c1-4-15-32(16-5-1)35-21-12-22-36(31-35)50-52-49(34-19-8-3-9-20-34)53-51(54-50)42-26-13-25-41-45-38(24-14-28-44(45)56-48(41)42)39-30-29-37(33-17-6-2-7-18-33)47-46(39)40-23-10-11-27-43(40)55-47/h1-31H. The first-order valence-electron chi connectivity index (χ1n) is 18.7. The van der Waals surface area contributed by atoms with E-state index < -0.39 is 0 Å². The Morgan fingerprint density at radius 3 is 1.71 bits per heavy atom. The van der Waals surface area contributed by atoms with Crippen molar-refractivity contribution in [1.82, 2.24) is 15.0 Å². The number of thiophene rings is 1. The Hall–Kier alpha value is -7.21. The topological polar surface area (TPSA) is 51.8 Å². The van der Waals surface area contributed by atoms with Crippen molar-refractivity contribution < 1.29 is 4.42 Å². The quantitative estimate of drug-likeness (QED) is 0.171. The zero-order chi connectivity index (χ0) is 37.0. The van der Waals surface area contributed by atoms with Crippen LogP contribution in [-0.4, -0.2) is 15.0 Å². The third-order valence-electron chi connectivity index (χ3n) is 10.6. The number of rotatable bonds is 6. The van der Waals surface area contributed by atoms with Crippen LogP contribution in [0.4, 0.5) is 0 Å². The maximum absolute atomic E-state index is 6.67. The summed E-state index contributed by atoms with van der Waals surface area (Å²) in [5, 5.41) is 4.61. The van der Waals surface area contributed by atoms with Gasteiger partial charge in [0.05, 0.1) is 0 Å². The number of nitrogens with zero attached hydrogens (tertiary/aromatic N) is 3. The summed E-state index contributed by atoms with van der Waals surface area (Å²) in [4.78, 5) is 15.4. The van der Waals surface area contributed by atoms with Crippen molar-refractivity contribution in [1.29, 1.82) is 0 Å². The number of hydrogen-bond donors (Lipinski definition) is 0. The molecule has 4 nitrogen and oxygen atoms in total. The second-order valence-electron chi connectivity index (χ2n) is 13.9. The normalized spacial score (nSPS) is 11.6. The molecule has 0 saturated carbocycles. The number of furan rings is 1. The first kappa shape index (κ1) is 32.2. The van der Waals surface area contributed by atoms with Gasteiger partial charge in [-0.05, 0) is 58.1 Å². The van der Waals surface area contributed by atoms with E-state index >= 15 is 0 Å². The van der Waals surface area contributed by atoms with Gasteiger partial charge in [0.15, 0.2) is 17.5 Å². The van der Waals surface area contributed by atoms with Gasteiger partial charge < -0.3 is 4.42 Å². The van der Waals surface area contributed by atoms with E-state index in [1.165, 1.54) is 21.0 Å². The van der Waals surface area contributed by atoms with Gasteiger partial charge in [-0.25, -0.2) is 15.0 Å². The van der Waals surface area contributed by atoms with Crippen molar-refractivity contribution in [2.24, 2.45) is 0 Å². The number of aromatic nitrogens is 3. The van der Waals surface area contributed by atoms with Crippen LogP contribution in [0.5, 0.6) is 0 Å². The van der Waals surface area contributed by atoms with Gasteiger partial charge in [0, 0.05) is 53.2 Å². The summed E-state index contributed by atoms with van der Waals surface area (Å²) in [5.74, 6) is 1.92. The van der Waals surface area contributed by atoms with Crippen LogP contribution in [0.25, 0.3) is 110 Å². The second-order valence-corrected chi connectivity index (χ2v) is 15.0. The van der Waals surface area contributed by atoms with Crippen molar-refractivity contribution in [3.05, 3.63) is 188 Å². The number of hydrogen-bond acceptors (Lipinski definition) is 5. The lowest BCUT2D eigenvalue weighted by Crippen LogP contribution is -2.00. The van der Waals surface area contributed by atoms with Gasteiger partial charge in [0.2, 0.25) is 0 Å². The molecule has 11 aromatic rings. The van der Waals surface area contributed by atoms with Gasteiger partial charge in [-0.3, -0.25) is 0 Å². The van der Waals surface area contributed by atoms with Crippen LogP contribution < -0.4 is 0 Å². The highest BCUT2D eigenvalue weighted by Gasteiger charge is 2.22. The van der Waals surface area contributed by atoms with E-state index in [1.54, 1.807) is 11.3 Å². The molecule has 0 bridgehead atoms. The summed E-state index contributed by atoms with van der Waals surface area (Å²) in [7, 11) is 0. The van der Waals surface area contributed by atoms with Gasteiger partial charge in [-0.2, -0.15) is 0 Å². The van der Waals surface area contributed by atoms with Gasteiger partial charge in [0.1, 0.15) is 11.2 Å². The van der Waals surface area contributed by atoms with Gasteiger partial charge >= 0.3 is 0 Å². The monoisotopic (exact) mass is 733 g/mol. The summed E-state index contributed by atoms with van der Waals surface area (Å²) in [6.07, 6.45) is 0. The Balaban J connectivity index is 1.13. The van der Waals surface area contributed by atoms with E-state index in [0.717, 1.165) is 71.1 Å². The van der Waals surface area contributed by atoms with E-state index in [0.29, 0.717) is 17.5 Å². The van der Waals surface area contributed by atoms with Crippen molar-refractivity contribution in [2.75, 3.05) is 0 Å². The molecule has 0 unspecified atom stereocenters. The summed E-state index contributed by atoms with van der Waals surface area (Å²) in [6, 6.07) is 65.5. The minimum Gasteiger partial charge on any atom is -0.455 e. The minimum atomic E-state index is 0.637. The molecule has 0 amide bonds. The summed E-state index contributed by atoms with van der Waals surface area (Å²) < 4.78 is 9.00. The Kier molecular flexibility index (Phi) is 7.64. The zero-order valence-electron chi connectivity index (χ0n) is 30.1. The first-order valence-corrected chi connectivity index (χ1v) is 19.5. The molecule has 0 aliphatic rings. The predicted octanol–water partition coefficient (Wildman–Crippen LogP) is 14.1. The molecule has 262 valence electrons. The highest BCUT2D eigenvalue weighted by Crippen LogP contribution is 2.47. The lowest BCUT2D eigenvalue weighted by Gasteiger charge is -2.11. The highest BCUT2D eigenvalue weighted by molar-refractivity contribution is 7.26. The van der Waals surface area contributed by atoms with Crippen molar-refractivity contribution in [3.63, 3.8) is 0 Å². The van der Waals surface area contributed by atoms with Gasteiger partial charge in [-0.1, -0.05) is 158 Å². The maximum atomic E-state index is 6.67. The smallest absolute Gasteiger partial charge is 0.165 e. The van der Waals surface area contributed by atoms with Crippen LogP contribution in [0, 0.1) is 0 Å². The molecule has 0 fully saturated rings. The molecule has 3 heterocycles. The molecule has 8 aromatic carbocycles. The SMILES string of the molecule is c1ccc(-c2cccc(-c3nc(-c4ccccc4)nc(-c4cccc5c4sc4cccc(-c6ccc(-c7ccccc7)c7oc8ccccc8c67)c45)n3)c2)cc1. The molecule has 0 N–H and O–H groups in total. The van der Waals surface area contributed by atoms with E-state index in [9.17, 15) is 0 Å². The van der Waals surface area contributed by atoms with Crippen molar-refractivity contribution in [3.8, 4) is 67.5 Å². The summed E-state index contributed by atoms with van der Waals surface area (Å²) >= 11 is 1.78. The van der Waals surface area contributed by atoms with E-state index in [1.807, 2.05) is 36.4 Å². The Bertz CT molecular complexity index is 3240. The number of benzene rings is 8. The Morgan fingerprint density at radius 1 is 0.357 bits per heavy atom. The fourth-order valence-corrected chi connectivity index (χ4v) is 9.19. The molecule has 0 aliphatic heterocycles. The second kappa shape index (κ2) is 13.3. The third kappa shape index (κ3) is 5.40. The highest BCUT2D eigenvalue weighted by atomic mass is 32.1. The fraction of sp³-hybridized carbons (Fsp3) is 0. The van der Waals surface area contributed by atoms with Crippen LogP contribution >= 0.6 is 11.3 Å². The summed E-state index contributed by atoms with van der Waals surface area (Å²) in [5.41, 5.74) is 11.4. The largest absolute Gasteiger partial charge is 0.455 e. The van der Waals surface area contributed by atoms with Crippen LogP contribution in [0.1, 0.15) is 0 Å². The molecular weight excluding hydrogens is 703 g/mol. The van der Waals surface area contributed by atoms with E-state index in [4.69, 9.17) is 19.4 Å². The third-order valence-corrected chi connectivity index (χ3v) is 11.8. The van der Waals surface area contributed by atoms with E-state index in [2.05, 4.69) is 152 Å². The number of para-hydroxylation sites is 1. The first-order chi connectivity index (χ1) is 27.8. The van der Waals surface area contributed by atoms with Crippen molar-refractivity contribution >= 4 is 53.4 Å². The molecule has 0 spiro atoms. The lowest BCUT2D eigenvalue weighted by molar-refractivity contribution is 0.670.